The fourth-order valence-corrected chi connectivity index (χ4v) is 2.87. The van der Waals surface area contributed by atoms with Crippen molar-refractivity contribution in [2.24, 2.45) is 17.8 Å². The molecule has 4 heteroatoms. The van der Waals surface area contributed by atoms with Gasteiger partial charge >= 0.3 is 0 Å². The lowest BCUT2D eigenvalue weighted by Crippen LogP contribution is -2.27. The average Bonchev–Trinajstić information content (AvgIpc) is 2.13. The lowest BCUT2D eigenvalue weighted by molar-refractivity contribution is 0.356. The molecule has 0 aliphatic heterocycles. The van der Waals surface area contributed by atoms with E-state index in [1.54, 1.807) is 0 Å². The van der Waals surface area contributed by atoms with Crippen LogP contribution in [0.15, 0.2) is 0 Å². The Labute approximate surface area is 114 Å². The fourth-order valence-electron chi connectivity index (χ4n) is 2.18. The Hall–Kier alpha value is -0.0900. The van der Waals surface area contributed by atoms with Gasteiger partial charge in [0.15, 0.2) is 0 Å². The van der Waals surface area contributed by atoms with Crippen molar-refractivity contribution in [2.75, 3.05) is 25.1 Å². The molecule has 0 aliphatic carbocycles. The summed E-state index contributed by atoms with van der Waals surface area (Å²) in [7, 11) is -2.80. The highest BCUT2D eigenvalue weighted by Gasteiger charge is 2.12. The Morgan fingerprint density at radius 2 is 1.61 bits per heavy atom. The molecule has 0 fully saturated rings. The third-order valence-corrected chi connectivity index (χ3v) is 3.95. The molecule has 0 bridgehead atoms. The summed E-state index contributed by atoms with van der Waals surface area (Å²) in [5.74, 6) is 2.27. The molecule has 0 amide bonds. The van der Waals surface area contributed by atoms with E-state index < -0.39 is 9.84 Å². The second-order valence-electron chi connectivity index (χ2n) is 6.32. The van der Waals surface area contributed by atoms with Crippen LogP contribution in [-0.2, 0) is 9.84 Å². The molecule has 0 aromatic carbocycles. The largest absolute Gasteiger partial charge is 0.316 e. The summed E-state index contributed by atoms with van der Waals surface area (Å²) in [4.78, 5) is 0. The van der Waals surface area contributed by atoms with Gasteiger partial charge in [-0.3, -0.25) is 0 Å². The number of sulfone groups is 1. The Bertz CT molecular complexity index is 297. The molecule has 3 nitrogen and oxygen atoms in total. The minimum absolute atomic E-state index is 0.325. The van der Waals surface area contributed by atoms with Crippen LogP contribution in [0.3, 0.4) is 0 Å². The minimum Gasteiger partial charge on any atom is -0.316 e. The first-order chi connectivity index (χ1) is 8.20. The summed E-state index contributed by atoms with van der Waals surface area (Å²) in [5.41, 5.74) is 0. The lowest BCUT2D eigenvalue weighted by Gasteiger charge is -2.20. The first-order valence-corrected chi connectivity index (χ1v) is 9.15. The molecule has 0 radical (unpaired) electrons. The summed E-state index contributed by atoms with van der Waals surface area (Å²) in [6.07, 6.45) is 4.30. The van der Waals surface area contributed by atoms with Crippen LogP contribution >= 0.6 is 0 Å². The first kappa shape index (κ1) is 17.9. The van der Waals surface area contributed by atoms with Gasteiger partial charge in [0, 0.05) is 12.0 Å². The maximum atomic E-state index is 11.1. The molecule has 0 aliphatic rings. The first-order valence-electron chi connectivity index (χ1n) is 7.09. The molecule has 18 heavy (non-hydrogen) atoms. The van der Waals surface area contributed by atoms with Crippen LogP contribution in [0.2, 0.25) is 0 Å². The van der Waals surface area contributed by atoms with Crippen LogP contribution in [0.5, 0.6) is 0 Å². The third kappa shape index (κ3) is 12.4. The van der Waals surface area contributed by atoms with Gasteiger partial charge in [-0.15, -0.1) is 0 Å². The molecule has 1 unspecified atom stereocenters. The van der Waals surface area contributed by atoms with E-state index in [4.69, 9.17) is 0 Å². The van der Waals surface area contributed by atoms with Gasteiger partial charge < -0.3 is 5.32 Å². The van der Waals surface area contributed by atoms with Crippen LogP contribution in [0.4, 0.5) is 0 Å². The SMILES string of the molecule is CC(C)CNCC(CCCS(C)(=O)=O)CC(C)C. The van der Waals surface area contributed by atoms with E-state index in [2.05, 4.69) is 33.0 Å². The van der Waals surface area contributed by atoms with E-state index in [1.165, 1.54) is 12.7 Å². The van der Waals surface area contributed by atoms with Gasteiger partial charge in [0.1, 0.15) is 9.84 Å². The fraction of sp³-hybridized carbons (Fsp3) is 1.00. The van der Waals surface area contributed by atoms with Gasteiger partial charge in [-0.1, -0.05) is 27.7 Å². The Kier molecular flexibility index (Phi) is 8.87. The number of rotatable bonds is 10. The second-order valence-corrected chi connectivity index (χ2v) is 8.58. The highest BCUT2D eigenvalue weighted by atomic mass is 32.2. The van der Waals surface area contributed by atoms with Crippen LogP contribution in [0.25, 0.3) is 0 Å². The van der Waals surface area contributed by atoms with Gasteiger partial charge in [0.05, 0.1) is 0 Å². The van der Waals surface area contributed by atoms with Crippen molar-refractivity contribution in [2.45, 2.75) is 47.0 Å². The van der Waals surface area contributed by atoms with Crippen molar-refractivity contribution < 1.29 is 8.42 Å². The topological polar surface area (TPSA) is 46.2 Å². The molecule has 0 spiro atoms. The van der Waals surface area contributed by atoms with Crippen molar-refractivity contribution in [3.8, 4) is 0 Å². The van der Waals surface area contributed by atoms with E-state index in [0.29, 0.717) is 23.5 Å². The second kappa shape index (κ2) is 8.92. The normalized spacial score (nSPS) is 14.4. The molecule has 1 atom stereocenters. The number of hydrogen-bond donors (Lipinski definition) is 1. The van der Waals surface area contributed by atoms with Crippen LogP contribution < -0.4 is 5.32 Å². The van der Waals surface area contributed by atoms with Gasteiger partial charge in [0.25, 0.3) is 0 Å². The molecule has 0 aromatic rings. The standard InChI is InChI=1S/C14H31NO2S/c1-12(2)9-14(11-15-10-13(3)4)7-6-8-18(5,16)17/h12-15H,6-11H2,1-5H3. The lowest BCUT2D eigenvalue weighted by atomic mass is 9.93. The highest BCUT2D eigenvalue weighted by Crippen LogP contribution is 2.17. The molecule has 0 saturated heterocycles. The molecule has 0 saturated carbocycles. The molecular weight excluding hydrogens is 246 g/mol. The molecule has 0 aromatic heterocycles. The summed E-state index contributed by atoms with van der Waals surface area (Å²) >= 11 is 0. The van der Waals surface area contributed by atoms with Crippen molar-refractivity contribution in [1.82, 2.24) is 5.32 Å². The average molecular weight is 277 g/mol. The minimum atomic E-state index is -2.80. The van der Waals surface area contributed by atoms with E-state index in [9.17, 15) is 8.42 Å². The maximum Gasteiger partial charge on any atom is 0.147 e. The van der Waals surface area contributed by atoms with Gasteiger partial charge in [-0.25, -0.2) is 8.42 Å². The Morgan fingerprint density at radius 3 is 2.06 bits per heavy atom. The Balaban J connectivity index is 3.98. The van der Waals surface area contributed by atoms with E-state index >= 15 is 0 Å². The van der Waals surface area contributed by atoms with Crippen molar-refractivity contribution in [3.63, 3.8) is 0 Å². The predicted octanol–water partition coefficient (Wildman–Crippen LogP) is 2.72. The number of nitrogens with one attached hydrogen (secondary N) is 1. The molecule has 0 heterocycles. The zero-order valence-electron chi connectivity index (χ0n) is 12.7. The maximum absolute atomic E-state index is 11.1. The van der Waals surface area contributed by atoms with Crippen LogP contribution in [0, 0.1) is 17.8 Å². The summed E-state index contributed by atoms with van der Waals surface area (Å²) in [6.45, 7) is 10.9. The molecular formula is C14H31NO2S. The summed E-state index contributed by atoms with van der Waals surface area (Å²) < 4.78 is 22.2. The van der Waals surface area contributed by atoms with Crippen molar-refractivity contribution >= 4 is 9.84 Å². The van der Waals surface area contributed by atoms with Crippen LogP contribution in [-0.4, -0.2) is 33.5 Å². The van der Waals surface area contributed by atoms with Crippen molar-refractivity contribution in [3.05, 3.63) is 0 Å². The molecule has 1 N–H and O–H groups in total. The van der Waals surface area contributed by atoms with E-state index in [-0.39, 0.29) is 0 Å². The number of hydrogen-bond acceptors (Lipinski definition) is 3. The molecule has 0 rings (SSSR count). The molecule has 110 valence electrons. The van der Waals surface area contributed by atoms with E-state index in [1.807, 2.05) is 0 Å². The zero-order chi connectivity index (χ0) is 14.2. The monoisotopic (exact) mass is 277 g/mol. The van der Waals surface area contributed by atoms with E-state index in [0.717, 1.165) is 25.9 Å². The van der Waals surface area contributed by atoms with Gasteiger partial charge in [-0.2, -0.15) is 0 Å². The highest BCUT2D eigenvalue weighted by molar-refractivity contribution is 7.90. The predicted molar refractivity (Wildman–Crippen MR) is 79.6 cm³/mol. The Morgan fingerprint density at radius 1 is 1.00 bits per heavy atom. The summed E-state index contributed by atoms with van der Waals surface area (Å²) in [5, 5.41) is 3.49. The third-order valence-electron chi connectivity index (χ3n) is 2.92. The van der Waals surface area contributed by atoms with Crippen molar-refractivity contribution in [1.29, 1.82) is 0 Å². The van der Waals surface area contributed by atoms with Crippen LogP contribution in [0.1, 0.15) is 47.0 Å². The summed E-state index contributed by atoms with van der Waals surface area (Å²) in [6, 6.07) is 0. The van der Waals surface area contributed by atoms with Gasteiger partial charge in [0.2, 0.25) is 0 Å². The zero-order valence-corrected chi connectivity index (χ0v) is 13.5. The smallest absolute Gasteiger partial charge is 0.147 e. The quantitative estimate of drug-likeness (QED) is 0.668. The van der Waals surface area contributed by atoms with Gasteiger partial charge in [-0.05, 0) is 50.1 Å².